The monoisotopic (exact) mass is 254 g/mol. The summed E-state index contributed by atoms with van der Waals surface area (Å²) in [6.45, 7) is 3.46. The van der Waals surface area contributed by atoms with E-state index >= 15 is 0 Å². The Morgan fingerprint density at radius 1 is 1.28 bits per heavy atom. The first kappa shape index (κ1) is 14.3. The SMILES string of the molecule is CC[C@@](C)(Oc1ccc(OCCO)cc1)C(=O)O. The van der Waals surface area contributed by atoms with Gasteiger partial charge >= 0.3 is 5.97 Å². The number of carboxylic acids is 1. The molecule has 0 aliphatic rings. The predicted octanol–water partition coefficient (Wildman–Crippen LogP) is 1.69. The van der Waals surface area contributed by atoms with Crippen LogP contribution in [0.15, 0.2) is 24.3 Å². The molecule has 18 heavy (non-hydrogen) atoms. The third-order valence-electron chi connectivity index (χ3n) is 2.65. The summed E-state index contributed by atoms with van der Waals surface area (Å²) in [5.41, 5.74) is -1.23. The van der Waals surface area contributed by atoms with Gasteiger partial charge in [0.1, 0.15) is 18.1 Å². The first-order valence-electron chi connectivity index (χ1n) is 5.78. The molecule has 0 aliphatic heterocycles. The van der Waals surface area contributed by atoms with Gasteiger partial charge in [0.25, 0.3) is 0 Å². The summed E-state index contributed by atoms with van der Waals surface area (Å²) in [5.74, 6) is 0.0774. The minimum Gasteiger partial charge on any atom is -0.491 e. The van der Waals surface area contributed by atoms with Gasteiger partial charge < -0.3 is 19.7 Å². The second kappa shape index (κ2) is 6.26. The summed E-state index contributed by atoms with van der Waals surface area (Å²) in [4.78, 5) is 11.1. The van der Waals surface area contributed by atoms with E-state index in [9.17, 15) is 4.79 Å². The molecule has 2 N–H and O–H groups in total. The summed E-state index contributed by atoms with van der Waals surface area (Å²) < 4.78 is 10.7. The molecule has 5 heteroatoms. The first-order chi connectivity index (χ1) is 8.51. The standard InChI is InChI=1S/C13H18O5/c1-3-13(2,12(15)16)18-11-6-4-10(5-7-11)17-9-8-14/h4-7,14H,3,8-9H2,1-2H3,(H,15,16)/t13-/m1/s1. The summed E-state index contributed by atoms with van der Waals surface area (Å²) in [7, 11) is 0. The van der Waals surface area contributed by atoms with Crippen LogP contribution in [0.5, 0.6) is 11.5 Å². The molecule has 0 aromatic heterocycles. The van der Waals surface area contributed by atoms with Crippen molar-refractivity contribution in [1.82, 2.24) is 0 Å². The molecule has 0 spiro atoms. The Balaban J connectivity index is 2.71. The highest BCUT2D eigenvalue weighted by atomic mass is 16.5. The zero-order valence-corrected chi connectivity index (χ0v) is 10.5. The van der Waals surface area contributed by atoms with Crippen molar-refractivity contribution in [3.05, 3.63) is 24.3 Å². The van der Waals surface area contributed by atoms with Crippen molar-refractivity contribution < 1.29 is 24.5 Å². The van der Waals surface area contributed by atoms with E-state index in [1.54, 1.807) is 31.2 Å². The Hall–Kier alpha value is -1.75. The third kappa shape index (κ3) is 3.63. The van der Waals surface area contributed by atoms with Crippen LogP contribution in [0.3, 0.4) is 0 Å². The number of hydrogen-bond acceptors (Lipinski definition) is 4. The Kier molecular flexibility index (Phi) is 4.97. The zero-order valence-electron chi connectivity index (χ0n) is 10.5. The van der Waals surface area contributed by atoms with Gasteiger partial charge in [-0.1, -0.05) is 6.92 Å². The van der Waals surface area contributed by atoms with E-state index in [0.717, 1.165) is 0 Å². The van der Waals surface area contributed by atoms with E-state index in [4.69, 9.17) is 19.7 Å². The molecule has 0 saturated carbocycles. The molecule has 0 fully saturated rings. The first-order valence-corrected chi connectivity index (χ1v) is 5.78. The largest absolute Gasteiger partial charge is 0.491 e. The number of hydrogen-bond donors (Lipinski definition) is 2. The van der Waals surface area contributed by atoms with E-state index in [1.807, 2.05) is 0 Å². The average Bonchev–Trinajstić information content (AvgIpc) is 2.37. The van der Waals surface area contributed by atoms with Crippen LogP contribution in [0.2, 0.25) is 0 Å². The van der Waals surface area contributed by atoms with Crippen LogP contribution >= 0.6 is 0 Å². The van der Waals surface area contributed by atoms with E-state index in [1.165, 1.54) is 6.92 Å². The lowest BCUT2D eigenvalue weighted by Crippen LogP contribution is -2.40. The number of carboxylic acid groups (broad SMARTS) is 1. The van der Waals surface area contributed by atoms with Gasteiger partial charge in [-0.15, -0.1) is 0 Å². The molecule has 5 nitrogen and oxygen atoms in total. The van der Waals surface area contributed by atoms with Crippen LogP contribution in [-0.4, -0.2) is 35.0 Å². The smallest absolute Gasteiger partial charge is 0.347 e. The minimum absolute atomic E-state index is 0.0504. The van der Waals surface area contributed by atoms with Crippen molar-refractivity contribution in [2.24, 2.45) is 0 Å². The highest BCUT2D eigenvalue weighted by molar-refractivity contribution is 5.77. The highest BCUT2D eigenvalue weighted by Crippen LogP contribution is 2.24. The number of aliphatic hydroxyl groups excluding tert-OH is 1. The van der Waals surface area contributed by atoms with Gasteiger partial charge in [-0.3, -0.25) is 0 Å². The Morgan fingerprint density at radius 3 is 2.28 bits per heavy atom. The lowest BCUT2D eigenvalue weighted by molar-refractivity contribution is -0.154. The third-order valence-corrected chi connectivity index (χ3v) is 2.65. The van der Waals surface area contributed by atoms with Crippen molar-refractivity contribution in [3.8, 4) is 11.5 Å². The van der Waals surface area contributed by atoms with Gasteiger partial charge in [0, 0.05) is 0 Å². The lowest BCUT2D eigenvalue weighted by atomic mass is 10.0. The molecule has 1 atom stereocenters. The van der Waals surface area contributed by atoms with Crippen LogP contribution in [0.4, 0.5) is 0 Å². The molecule has 0 amide bonds. The fourth-order valence-electron chi connectivity index (χ4n) is 1.29. The van der Waals surface area contributed by atoms with Gasteiger partial charge in [-0.25, -0.2) is 4.79 Å². The van der Waals surface area contributed by atoms with E-state index in [0.29, 0.717) is 17.9 Å². The number of benzene rings is 1. The Bertz CT molecular complexity index is 387. The minimum atomic E-state index is -1.23. The fourth-order valence-corrected chi connectivity index (χ4v) is 1.29. The van der Waals surface area contributed by atoms with Gasteiger partial charge in [0.15, 0.2) is 0 Å². The second-order valence-electron chi connectivity index (χ2n) is 4.04. The van der Waals surface area contributed by atoms with E-state index in [2.05, 4.69) is 0 Å². The van der Waals surface area contributed by atoms with Crippen LogP contribution in [0.25, 0.3) is 0 Å². The molecule has 0 aliphatic carbocycles. The second-order valence-corrected chi connectivity index (χ2v) is 4.04. The fraction of sp³-hybridized carbons (Fsp3) is 0.462. The van der Waals surface area contributed by atoms with Crippen molar-refractivity contribution in [2.45, 2.75) is 25.9 Å². The Morgan fingerprint density at radius 2 is 1.83 bits per heavy atom. The topological polar surface area (TPSA) is 76.0 Å². The average molecular weight is 254 g/mol. The summed E-state index contributed by atoms with van der Waals surface area (Å²) in [6, 6.07) is 6.62. The molecule has 0 heterocycles. The molecule has 1 rings (SSSR count). The number of carbonyl (C=O) groups is 1. The van der Waals surface area contributed by atoms with Crippen molar-refractivity contribution >= 4 is 5.97 Å². The van der Waals surface area contributed by atoms with E-state index < -0.39 is 11.6 Å². The molecule has 0 unspecified atom stereocenters. The van der Waals surface area contributed by atoms with Crippen molar-refractivity contribution in [1.29, 1.82) is 0 Å². The molecular weight excluding hydrogens is 236 g/mol. The van der Waals surface area contributed by atoms with Gasteiger partial charge in [0.05, 0.1) is 6.61 Å². The van der Waals surface area contributed by atoms with Gasteiger partial charge in [-0.05, 0) is 37.6 Å². The molecule has 0 saturated heterocycles. The van der Waals surface area contributed by atoms with Crippen LogP contribution in [-0.2, 0) is 4.79 Å². The van der Waals surface area contributed by atoms with Gasteiger partial charge in [-0.2, -0.15) is 0 Å². The maximum Gasteiger partial charge on any atom is 0.347 e. The highest BCUT2D eigenvalue weighted by Gasteiger charge is 2.33. The normalized spacial score (nSPS) is 13.7. The summed E-state index contributed by atoms with van der Waals surface area (Å²) in [6.07, 6.45) is 0.366. The number of rotatable bonds is 7. The number of ether oxygens (including phenoxy) is 2. The lowest BCUT2D eigenvalue weighted by Gasteiger charge is -2.24. The maximum absolute atomic E-state index is 11.1. The van der Waals surface area contributed by atoms with E-state index in [-0.39, 0.29) is 13.2 Å². The van der Waals surface area contributed by atoms with Crippen LogP contribution in [0.1, 0.15) is 20.3 Å². The number of aliphatic carboxylic acids is 1. The quantitative estimate of drug-likeness (QED) is 0.774. The van der Waals surface area contributed by atoms with Crippen LogP contribution < -0.4 is 9.47 Å². The zero-order chi connectivity index (χ0) is 13.6. The van der Waals surface area contributed by atoms with Crippen molar-refractivity contribution in [3.63, 3.8) is 0 Å². The molecule has 0 radical (unpaired) electrons. The maximum atomic E-state index is 11.1. The Labute approximate surface area is 106 Å². The molecule has 1 aromatic rings. The van der Waals surface area contributed by atoms with Gasteiger partial charge in [0.2, 0.25) is 5.60 Å². The molecule has 100 valence electrons. The summed E-state index contributed by atoms with van der Waals surface area (Å²) >= 11 is 0. The predicted molar refractivity (Wildman–Crippen MR) is 66.0 cm³/mol. The molecule has 1 aromatic carbocycles. The molecular formula is C13H18O5. The van der Waals surface area contributed by atoms with Crippen LogP contribution in [0, 0.1) is 0 Å². The number of aliphatic hydroxyl groups is 1. The molecule has 0 bridgehead atoms. The summed E-state index contributed by atoms with van der Waals surface area (Å²) in [5, 5.41) is 17.7. The van der Waals surface area contributed by atoms with Crippen molar-refractivity contribution in [2.75, 3.05) is 13.2 Å².